The number of nitrogens with zero attached hydrogens (tertiary/aromatic N) is 10. The Morgan fingerprint density at radius 3 is 1.82 bits per heavy atom. The highest BCUT2D eigenvalue weighted by Crippen LogP contribution is 2.40. The first-order valence-corrected chi connectivity index (χ1v) is 42.9. The van der Waals surface area contributed by atoms with E-state index in [1.807, 2.05) is 52.9 Å². The van der Waals surface area contributed by atoms with Crippen LogP contribution in [0.25, 0.3) is 21.8 Å². The molecule has 0 aliphatic carbocycles. The van der Waals surface area contributed by atoms with Crippen molar-refractivity contribution in [1.82, 2.24) is 55.6 Å². The zero-order valence-electron chi connectivity index (χ0n) is 68.9. The van der Waals surface area contributed by atoms with Gasteiger partial charge in [0.25, 0.3) is 0 Å². The molecule has 11 heterocycles. The number of morpholine rings is 1. The van der Waals surface area contributed by atoms with Crippen molar-refractivity contribution in [3.63, 3.8) is 0 Å². The lowest BCUT2D eigenvalue weighted by atomic mass is 10.0. The van der Waals surface area contributed by atoms with Gasteiger partial charge in [0.1, 0.15) is 33.8 Å². The number of ether oxygens (including phenoxy) is 1. The van der Waals surface area contributed by atoms with Gasteiger partial charge in [0.2, 0.25) is 5.91 Å². The van der Waals surface area contributed by atoms with Crippen LogP contribution in [0, 0.1) is 5.82 Å². The Bertz CT molecular complexity index is 4980. The van der Waals surface area contributed by atoms with E-state index in [4.69, 9.17) is 85.8 Å². The van der Waals surface area contributed by atoms with E-state index in [-0.39, 0.29) is 41.0 Å². The third kappa shape index (κ3) is 28.5. The first-order valence-electron chi connectivity index (χ1n) is 40.6. The Balaban J connectivity index is 0.000000148. The fourth-order valence-corrected chi connectivity index (χ4v) is 15.9. The fourth-order valence-electron chi connectivity index (χ4n) is 14.8. The predicted molar refractivity (Wildman–Crippen MR) is 476 cm³/mol. The van der Waals surface area contributed by atoms with Crippen LogP contribution in [0.3, 0.4) is 0 Å². The zero-order chi connectivity index (χ0) is 88.7. The Kier molecular flexibility index (Phi) is 36.3. The number of para-hydroxylation sites is 1. The van der Waals surface area contributed by atoms with E-state index in [2.05, 4.69) is 122 Å². The molecule has 6 aromatic carbocycles. The van der Waals surface area contributed by atoms with Crippen LogP contribution in [0.2, 0.25) is 30.4 Å². The number of carbonyl (C=O) groups excluding carboxylic acids is 1. The first kappa shape index (κ1) is 97.2. The molecule has 5 saturated heterocycles. The highest BCUT2D eigenvalue weighted by molar-refractivity contribution is 6.42. The van der Waals surface area contributed by atoms with Crippen molar-refractivity contribution in [2.75, 3.05) is 156 Å². The fraction of sp³-hybridized carbons (Fsp3) is 0.425. The van der Waals surface area contributed by atoms with Crippen LogP contribution in [0.5, 0.6) is 0 Å². The number of fused-ring (bicyclic) bond motifs is 7. The number of anilines is 5. The Morgan fingerprint density at radius 1 is 0.569 bits per heavy atom. The van der Waals surface area contributed by atoms with Crippen LogP contribution in [-0.2, 0) is 60.9 Å². The molecule has 0 radical (unpaired) electrons. The van der Waals surface area contributed by atoms with E-state index in [0.29, 0.717) is 83.9 Å². The summed E-state index contributed by atoms with van der Waals surface area (Å²) in [7, 11) is 2.19. The number of pyridine rings is 1. The van der Waals surface area contributed by atoms with E-state index in [9.17, 15) is 48.7 Å². The molecule has 17 rings (SSSR count). The van der Waals surface area contributed by atoms with Gasteiger partial charge in [-0.2, -0.15) is 39.5 Å². The van der Waals surface area contributed by atoms with E-state index < -0.39 is 40.4 Å². The maximum atomic E-state index is 13.2. The number of hydrogen-bond acceptors (Lipinski definition) is 17. The molecule has 7 aliphatic heterocycles. The van der Waals surface area contributed by atoms with Crippen molar-refractivity contribution in [3.05, 3.63) is 233 Å². The maximum Gasteiger partial charge on any atom is 0.419 e. The summed E-state index contributed by atoms with van der Waals surface area (Å²) in [6.45, 7) is 26.3. The Morgan fingerprint density at radius 2 is 1.19 bits per heavy atom. The van der Waals surface area contributed by atoms with Gasteiger partial charge in [0, 0.05) is 200 Å². The summed E-state index contributed by atoms with van der Waals surface area (Å²) in [5.74, 6) is 0.976. The molecule has 4 atom stereocenters. The van der Waals surface area contributed by atoms with E-state index in [1.165, 1.54) is 52.6 Å². The molecule has 10 N–H and O–H groups in total. The number of benzene rings is 6. The number of aryl methyl sites for hydroxylation is 1. The molecule has 0 spiro atoms. The number of amides is 1. The highest BCUT2D eigenvalue weighted by Gasteiger charge is 2.37. The third-order valence-electron chi connectivity index (χ3n) is 21.0. The second kappa shape index (κ2) is 45.9. The molecular formula is C87H104Cl6F10N18O2. The molecular weight excluding hydrogens is 1730 g/mol. The monoisotopic (exact) mass is 1830 g/mol. The minimum Gasteiger partial charge on any atom is -0.371 e. The molecule has 2 unspecified atom stereocenters. The van der Waals surface area contributed by atoms with Gasteiger partial charge in [0.05, 0.1) is 68.2 Å². The number of halogens is 16. The van der Waals surface area contributed by atoms with Crippen molar-refractivity contribution >= 4 is 126 Å². The number of carbonyl (C=O) groups is 1. The van der Waals surface area contributed by atoms with Gasteiger partial charge in [-0.15, -0.1) is 0 Å². The molecule has 10 aromatic rings. The minimum absolute atomic E-state index is 0.00286. The number of rotatable bonds is 9. The van der Waals surface area contributed by atoms with E-state index >= 15 is 0 Å². The molecule has 36 heteroatoms. The number of nitrogens with one attached hydrogen (secondary N) is 6. The standard InChI is InChI=1S/C14H18F3NO.C13H16N2.C11H11Cl2N3O.C11H12ClFN2.C10H11ClF3N3.C10H13ClN2.C10H12F3N.C8H11ClN4/c1-10(2)18-6-7-19-13(9-18)11-4-3-5-12(8-11)14(15,16)17;1-15-12-5-3-2-4-10(12)11-6-8-14-9-7-13(11)15;12-6-3-8-9(4-7(6)13)16-2-1-14-5-10(16)11(17)15-8;1-7(14)6-15-3-2-8-4-10(13)9(12)5-11(8)15;11-9-7(10(12,13)14)1-2-8(16-9)17-5-3-15-4-6-17;11-9-2-1-3-10(8-9)13-6-4-12-5-7-13;1-7(14)5-8-3-2-4-9(6-8)10(11,12)13;9-7-5-11-6-8(12-7)13-3-1-10-2-4-13/h3-5,8,10,13H,6-7,9H2,1-2H3;2-5,14H,6-9H2,1H3;3-4,10,14H,1-2,5H2,(H,15,17);2-5,7H,6,14H2,1H3;1-2,15H,3-6H2;1-3,8,12H,4-7H2;2-4,6-7H,5,14H2,1H3;5-6,10H,1-4H2/t;;;7-;;;7-;/m...0..0./s1. The molecule has 4 aromatic heterocycles. The molecule has 0 bridgehead atoms. The lowest BCUT2D eigenvalue weighted by Gasteiger charge is -2.41. The van der Waals surface area contributed by atoms with Gasteiger partial charge in [-0.1, -0.05) is 124 Å². The van der Waals surface area contributed by atoms with Crippen molar-refractivity contribution in [2.24, 2.45) is 18.5 Å². The molecule has 666 valence electrons. The van der Waals surface area contributed by atoms with Gasteiger partial charge in [-0.25, -0.2) is 14.4 Å². The predicted octanol–water partition coefficient (Wildman–Crippen LogP) is 16.9. The number of alkyl halides is 9. The summed E-state index contributed by atoms with van der Waals surface area (Å²) in [6.07, 6.45) is -5.34. The number of aromatic nitrogens is 5. The van der Waals surface area contributed by atoms with Crippen molar-refractivity contribution in [1.29, 1.82) is 0 Å². The van der Waals surface area contributed by atoms with Crippen LogP contribution in [0.1, 0.15) is 72.9 Å². The van der Waals surface area contributed by atoms with Gasteiger partial charge in [0.15, 0.2) is 0 Å². The summed E-state index contributed by atoms with van der Waals surface area (Å²) < 4.78 is 135. The molecule has 123 heavy (non-hydrogen) atoms. The lowest BCUT2D eigenvalue weighted by molar-refractivity contribution is -0.138. The van der Waals surface area contributed by atoms with Crippen LogP contribution in [-0.4, -0.2) is 190 Å². The third-order valence-corrected chi connectivity index (χ3v) is 22.7. The summed E-state index contributed by atoms with van der Waals surface area (Å²) in [5.41, 5.74) is 18.6. The van der Waals surface area contributed by atoms with Crippen molar-refractivity contribution in [3.8, 4) is 0 Å². The first-order chi connectivity index (χ1) is 58.6. The quantitative estimate of drug-likeness (QED) is 0.0498. The number of nitrogens with two attached hydrogens (primary N) is 2. The van der Waals surface area contributed by atoms with Crippen LogP contribution >= 0.6 is 69.6 Å². The average molecular weight is 1840 g/mol. The van der Waals surface area contributed by atoms with E-state index in [1.54, 1.807) is 49.1 Å². The molecule has 20 nitrogen and oxygen atoms in total. The molecule has 5 fully saturated rings. The molecule has 7 aliphatic rings. The normalized spacial score (nSPS) is 17.8. The summed E-state index contributed by atoms with van der Waals surface area (Å²) in [6, 6.07) is 38.4. The average Bonchev–Trinajstić information content (AvgIpc) is 1.70. The minimum atomic E-state index is -4.45. The van der Waals surface area contributed by atoms with E-state index in [0.717, 1.165) is 168 Å². The molecule has 0 saturated carbocycles. The number of piperazine rings is 4. The second-order valence-electron chi connectivity index (χ2n) is 30.6. The smallest absolute Gasteiger partial charge is 0.371 e. The van der Waals surface area contributed by atoms with Gasteiger partial charge >= 0.3 is 18.5 Å². The van der Waals surface area contributed by atoms with Gasteiger partial charge < -0.3 is 76.8 Å². The van der Waals surface area contributed by atoms with Crippen molar-refractivity contribution < 1.29 is 53.4 Å². The molecule has 1 amide bonds. The summed E-state index contributed by atoms with van der Waals surface area (Å²) >= 11 is 34.9. The SMILES string of the molecule is CC(C)N1CCOC(c2cccc(C(F)(F)F)c2)C1.C[C@H](N)Cc1cccc(C(F)(F)F)c1.C[C@H](N)Cn1ccc2cc(F)c(Cl)cc21.Clc1cccc(N2CCNCC2)c1.Clc1cncc(N2CCNCC2)n1.Cn1c2c(c3ccccc31)CCNCC2.FC(F)(F)c1ccc(N2CCNCC2)nc1Cl.O=C1Nc2cc(Cl)c(Cl)cc2N2CCNCC12. The highest BCUT2D eigenvalue weighted by atomic mass is 35.5. The van der Waals surface area contributed by atoms with Crippen LogP contribution < -0.4 is 63.0 Å². The van der Waals surface area contributed by atoms with Crippen LogP contribution in [0.15, 0.2) is 158 Å². The Hall–Kier alpha value is -8.02. The topological polar surface area (TPSA) is 215 Å². The second-order valence-corrected chi connectivity index (χ2v) is 33.0. The van der Waals surface area contributed by atoms with Gasteiger partial charge in [-0.3, -0.25) is 14.7 Å². The maximum absolute atomic E-state index is 13.2. The lowest BCUT2D eigenvalue weighted by Crippen LogP contribution is -2.58. The summed E-state index contributed by atoms with van der Waals surface area (Å²) in [4.78, 5) is 34.7. The largest absolute Gasteiger partial charge is 0.419 e. The zero-order valence-corrected chi connectivity index (χ0v) is 73.4. The van der Waals surface area contributed by atoms with Crippen LogP contribution in [0.4, 0.5) is 72.6 Å². The van der Waals surface area contributed by atoms with Crippen molar-refractivity contribution in [2.45, 2.75) is 102 Å². The number of hydrogen-bond donors (Lipinski definition) is 8. The van der Waals surface area contributed by atoms with Gasteiger partial charge in [-0.05, 0) is 149 Å². The Labute approximate surface area is 740 Å². The summed E-state index contributed by atoms with van der Waals surface area (Å²) in [5, 5.41) is 23.5.